The summed E-state index contributed by atoms with van der Waals surface area (Å²) in [5, 5.41) is 23.3. The third kappa shape index (κ3) is 7.34. The fourth-order valence-corrected chi connectivity index (χ4v) is 4.17. The topological polar surface area (TPSA) is 119 Å². The summed E-state index contributed by atoms with van der Waals surface area (Å²) >= 11 is 6.57. The molecule has 0 unspecified atom stereocenters. The van der Waals surface area contributed by atoms with Gasteiger partial charge in [0, 0.05) is 40.9 Å². The molecule has 4 aromatic rings. The molecule has 0 aliphatic heterocycles. The summed E-state index contributed by atoms with van der Waals surface area (Å²) < 4.78 is 13.3. The number of aromatic nitrogens is 4. The number of nitrogens with one attached hydrogen (secondary N) is 3. The molecule has 198 valence electrons. The van der Waals surface area contributed by atoms with Gasteiger partial charge in [0.1, 0.15) is 18.0 Å². The number of carbonyl (C=O) groups is 1. The summed E-state index contributed by atoms with van der Waals surface area (Å²) in [6.45, 7) is 4.62. The molecule has 38 heavy (non-hydrogen) atoms. The molecule has 1 amide bonds. The van der Waals surface area contributed by atoms with E-state index in [4.69, 9.17) is 16.7 Å². The molecule has 11 heteroatoms. The van der Waals surface area contributed by atoms with Gasteiger partial charge < -0.3 is 20.6 Å². The van der Waals surface area contributed by atoms with Crippen molar-refractivity contribution in [3.05, 3.63) is 77.0 Å². The highest BCUT2D eigenvalue weighted by atomic mass is 35.5. The second-order valence-electron chi connectivity index (χ2n) is 8.60. The van der Waals surface area contributed by atoms with Gasteiger partial charge in [0.25, 0.3) is 0 Å². The van der Waals surface area contributed by atoms with E-state index >= 15 is 0 Å². The van der Waals surface area contributed by atoms with Crippen molar-refractivity contribution in [2.24, 2.45) is 0 Å². The first-order chi connectivity index (χ1) is 18.4. The highest BCUT2D eigenvalue weighted by Gasteiger charge is 2.12. The number of rotatable bonds is 12. The Morgan fingerprint density at radius 2 is 2.08 bits per heavy atom. The van der Waals surface area contributed by atoms with Crippen molar-refractivity contribution in [1.82, 2.24) is 25.1 Å². The molecule has 0 radical (unpaired) electrons. The second kappa shape index (κ2) is 13.1. The number of fused-ring (bicyclic) bond motifs is 1. The van der Waals surface area contributed by atoms with Crippen LogP contribution in [0, 0.1) is 5.82 Å². The first-order valence-electron chi connectivity index (χ1n) is 12.3. The van der Waals surface area contributed by atoms with Gasteiger partial charge in [0.15, 0.2) is 5.82 Å². The first-order valence-corrected chi connectivity index (χ1v) is 12.6. The quantitative estimate of drug-likeness (QED) is 0.205. The Balaban J connectivity index is 1.41. The molecule has 2 heterocycles. The molecule has 0 atom stereocenters. The molecule has 0 saturated carbocycles. The largest absolute Gasteiger partial charge is 0.395 e. The van der Waals surface area contributed by atoms with E-state index in [1.807, 2.05) is 18.2 Å². The highest BCUT2D eigenvalue weighted by Crippen LogP contribution is 2.29. The Morgan fingerprint density at radius 3 is 2.87 bits per heavy atom. The summed E-state index contributed by atoms with van der Waals surface area (Å²) in [6.07, 6.45) is 6.36. The summed E-state index contributed by atoms with van der Waals surface area (Å²) in [7, 11) is 0. The number of aliphatic hydroxyl groups is 1. The maximum Gasteiger partial charge on any atom is 0.230 e. The summed E-state index contributed by atoms with van der Waals surface area (Å²) in [6, 6.07) is 11.1. The number of halogens is 2. The Morgan fingerprint density at radius 1 is 1.21 bits per heavy atom. The number of carbonyl (C=O) groups excluding carboxylic acids is 1. The normalized spacial score (nSPS) is 11.5. The van der Waals surface area contributed by atoms with Gasteiger partial charge in [-0.2, -0.15) is 5.10 Å². The molecule has 9 nitrogen and oxygen atoms in total. The lowest BCUT2D eigenvalue weighted by molar-refractivity contribution is -0.115. The van der Waals surface area contributed by atoms with E-state index in [9.17, 15) is 9.18 Å². The lowest BCUT2D eigenvalue weighted by atomic mass is 10.1. The number of hydrogen-bond donors (Lipinski definition) is 4. The molecule has 0 fully saturated rings. The number of aromatic amines is 1. The van der Waals surface area contributed by atoms with Crippen LogP contribution >= 0.6 is 11.6 Å². The third-order valence-corrected chi connectivity index (χ3v) is 6.19. The zero-order valence-electron chi connectivity index (χ0n) is 20.9. The van der Waals surface area contributed by atoms with E-state index < -0.39 is 5.82 Å². The molecule has 0 bridgehead atoms. The fourth-order valence-electron chi connectivity index (χ4n) is 3.94. The van der Waals surface area contributed by atoms with Crippen molar-refractivity contribution < 1.29 is 14.3 Å². The standard InChI is InChI=1S/C27H29ClFN7O2/c1-2-36(10-11-37)9-4-3-6-18-12-24-22(16-23(18)28)27(31-17-30-24)33-25-14-21(34-35-25)15-26(38)32-20-8-5-7-19(29)13-20/h3,5-8,12-14,16-17,37H,2,4,9-11,15H2,1H3,(H,32,38)(H2,30,31,33,34,35)/b6-3+. The minimum atomic E-state index is -0.422. The number of nitrogens with zero attached hydrogens (tertiary/aromatic N) is 4. The van der Waals surface area contributed by atoms with Gasteiger partial charge in [0.05, 0.1) is 18.5 Å². The van der Waals surface area contributed by atoms with Gasteiger partial charge in [0.2, 0.25) is 5.91 Å². The van der Waals surface area contributed by atoms with E-state index in [2.05, 4.69) is 48.7 Å². The Kier molecular flexibility index (Phi) is 9.36. The molecule has 0 spiro atoms. The molecular weight excluding hydrogens is 509 g/mol. The zero-order valence-corrected chi connectivity index (χ0v) is 21.7. The Hall–Kier alpha value is -3.86. The van der Waals surface area contributed by atoms with Crippen LogP contribution in [0.2, 0.25) is 5.02 Å². The van der Waals surface area contributed by atoms with Gasteiger partial charge in [-0.15, -0.1) is 0 Å². The molecule has 0 saturated heterocycles. The van der Waals surface area contributed by atoms with Crippen molar-refractivity contribution in [3.63, 3.8) is 0 Å². The number of aliphatic hydroxyl groups excluding tert-OH is 1. The average Bonchev–Trinajstić information content (AvgIpc) is 3.32. The molecule has 2 aromatic heterocycles. The highest BCUT2D eigenvalue weighted by molar-refractivity contribution is 6.33. The molecule has 2 aromatic carbocycles. The van der Waals surface area contributed by atoms with Crippen LogP contribution in [0.25, 0.3) is 17.0 Å². The predicted octanol–water partition coefficient (Wildman–Crippen LogP) is 4.79. The van der Waals surface area contributed by atoms with Crippen LogP contribution in [-0.4, -0.2) is 62.3 Å². The van der Waals surface area contributed by atoms with Gasteiger partial charge in [-0.1, -0.05) is 36.7 Å². The van der Waals surface area contributed by atoms with Gasteiger partial charge in [-0.3, -0.25) is 9.89 Å². The Labute approximate surface area is 224 Å². The maximum atomic E-state index is 13.3. The monoisotopic (exact) mass is 537 g/mol. The lowest BCUT2D eigenvalue weighted by Crippen LogP contribution is -2.27. The summed E-state index contributed by atoms with van der Waals surface area (Å²) in [5.74, 6) is 0.273. The fraction of sp³-hybridized carbons (Fsp3) is 0.259. The average molecular weight is 538 g/mol. The van der Waals surface area contributed by atoms with Crippen LogP contribution in [0.15, 0.2) is 54.9 Å². The number of likely N-dealkylation sites (N-methyl/N-ethyl adjacent to an activating group) is 1. The zero-order chi connectivity index (χ0) is 26.9. The van der Waals surface area contributed by atoms with Gasteiger partial charge in [-0.25, -0.2) is 14.4 Å². The number of amides is 1. The van der Waals surface area contributed by atoms with E-state index in [0.717, 1.165) is 30.5 Å². The van der Waals surface area contributed by atoms with Gasteiger partial charge >= 0.3 is 0 Å². The first kappa shape index (κ1) is 27.2. The number of H-pyrrole nitrogens is 1. The van der Waals surface area contributed by atoms with Crippen LogP contribution in [0.4, 0.5) is 21.7 Å². The van der Waals surface area contributed by atoms with Crippen LogP contribution < -0.4 is 10.6 Å². The van der Waals surface area contributed by atoms with Gasteiger partial charge in [-0.05, 0) is 48.9 Å². The Bertz CT molecular complexity index is 1430. The van der Waals surface area contributed by atoms with E-state index in [1.165, 1.54) is 24.5 Å². The van der Waals surface area contributed by atoms with E-state index in [1.54, 1.807) is 12.1 Å². The minimum absolute atomic E-state index is 0.0350. The molecule has 4 rings (SSSR count). The predicted molar refractivity (Wildman–Crippen MR) is 148 cm³/mol. The van der Waals surface area contributed by atoms with Crippen LogP contribution in [0.3, 0.4) is 0 Å². The molecular formula is C27H29ClFN7O2. The van der Waals surface area contributed by atoms with Crippen molar-refractivity contribution >= 4 is 51.8 Å². The second-order valence-corrected chi connectivity index (χ2v) is 9.01. The molecule has 0 aliphatic carbocycles. The lowest BCUT2D eigenvalue weighted by Gasteiger charge is -2.17. The summed E-state index contributed by atoms with van der Waals surface area (Å²) in [5.41, 5.74) is 2.52. The van der Waals surface area contributed by atoms with Crippen LogP contribution in [0.5, 0.6) is 0 Å². The van der Waals surface area contributed by atoms with Crippen molar-refractivity contribution in [2.75, 3.05) is 36.9 Å². The van der Waals surface area contributed by atoms with Crippen molar-refractivity contribution in [2.45, 2.75) is 19.8 Å². The summed E-state index contributed by atoms with van der Waals surface area (Å²) in [4.78, 5) is 23.2. The minimum Gasteiger partial charge on any atom is -0.395 e. The molecule has 0 aliphatic rings. The third-order valence-electron chi connectivity index (χ3n) is 5.86. The van der Waals surface area contributed by atoms with E-state index in [0.29, 0.717) is 40.1 Å². The molecule has 4 N–H and O–H groups in total. The SMILES string of the molecule is CCN(CCO)CC/C=C/c1cc2ncnc(Nc3cc(CC(=O)Nc4cccc(F)c4)[nH]n3)c2cc1Cl. The number of benzene rings is 2. The van der Waals surface area contributed by atoms with Crippen molar-refractivity contribution in [1.29, 1.82) is 0 Å². The smallest absolute Gasteiger partial charge is 0.230 e. The van der Waals surface area contributed by atoms with Crippen LogP contribution in [-0.2, 0) is 11.2 Å². The van der Waals surface area contributed by atoms with E-state index in [-0.39, 0.29) is 18.9 Å². The van der Waals surface area contributed by atoms with Crippen molar-refractivity contribution in [3.8, 4) is 0 Å². The van der Waals surface area contributed by atoms with Crippen LogP contribution in [0.1, 0.15) is 24.6 Å². The number of anilines is 3. The maximum absolute atomic E-state index is 13.3. The number of hydrogen-bond acceptors (Lipinski definition) is 7.